The van der Waals surface area contributed by atoms with Crippen LogP contribution in [0.25, 0.3) is 0 Å². The number of benzene rings is 1. The Kier molecular flexibility index (Phi) is 6.02. The van der Waals surface area contributed by atoms with E-state index in [9.17, 15) is 4.79 Å². The molecular weight excluding hydrogens is 392 g/mol. The molecule has 8 nitrogen and oxygen atoms in total. The van der Waals surface area contributed by atoms with E-state index < -0.39 is 5.91 Å². The lowest BCUT2D eigenvalue weighted by molar-refractivity contribution is 0.0948. The van der Waals surface area contributed by atoms with E-state index in [1.165, 1.54) is 27.5 Å². The summed E-state index contributed by atoms with van der Waals surface area (Å²) in [7, 11) is 6.35. The standard InChI is InChI=1S/C16H19BrN4O4/c1-9-13(17)14(20-21(9)2)16(22)19-18-8-10-6-11(23-3)15(25-5)12(7-10)24-4/h6-8H,1-5H3,(H,19,22)/b18-8-. The van der Waals surface area contributed by atoms with Crippen LogP contribution in [0.2, 0.25) is 0 Å². The minimum atomic E-state index is -0.417. The monoisotopic (exact) mass is 410 g/mol. The summed E-state index contributed by atoms with van der Waals surface area (Å²) in [5, 5.41) is 8.10. The molecule has 0 radical (unpaired) electrons. The molecule has 0 aliphatic heterocycles. The van der Waals surface area contributed by atoms with Gasteiger partial charge in [0.05, 0.1) is 37.7 Å². The van der Waals surface area contributed by atoms with Crippen molar-refractivity contribution in [3.05, 3.63) is 33.6 Å². The van der Waals surface area contributed by atoms with E-state index in [0.717, 1.165) is 5.69 Å². The summed E-state index contributed by atoms with van der Waals surface area (Å²) < 4.78 is 18.1. The first-order chi connectivity index (χ1) is 11.9. The summed E-state index contributed by atoms with van der Waals surface area (Å²) in [5.74, 6) is 1.06. The van der Waals surface area contributed by atoms with Crippen molar-refractivity contribution in [2.75, 3.05) is 21.3 Å². The lowest BCUT2D eigenvalue weighted by atomic mass is 10.2. The highest BCUT2D eigenvalue weighted by molar-refractivity contribution is 9.10. The van der Waals surface area contributed by atoms with Crippen LogP contribution < -0.4 is 19.6 Å². The highest BCUT2D eigenvalue weighted by Gasteiger charge is 2.17. The van der Waals surface area contributed by atoms with Gasteiger partial charge in [0.25, 0.3) is 5.91 Å². The maximum atomic E-state index is 12.2. The zero-order valence-electron chi connectivity index (χ0n) is 14.6. The minimum absolute atomic E-state index is 0.266. The lowest BCUT2D eigenvalue weighted by Crippen LogP contribution is -2.19. The Morgan fingerprint density at radius 1 is 1.24 bits per heavy atom. The normalized spacial score (nSPS) is 10.8. The predicted octanol–water partition coefficient (Wildman–Crippen LogP) is 2.28. The number of nitrogens with one attached hydrogen (secondary N) is 1. The molecule has 1 aromatic heterocycles. The van der Waals surface area contributed by atoms with Gasteiger partial charge < -0.3 is 14.2 Å². The van der Waals surface area contributed by atoms with Crippen LogP contribution in [0, 0.1) is 6.92 Å². The number of aromatic nitrogens is 2. The number of amides is 1. The largest absolute Gasteiger partial charge is 0.493 e. The summed E-state index contributed by atoms with van der Waals surface area (Å²) in [6.45, 7) is 1.85. The van der Waals surface area contributed by atoms with Crippen LogP contribution in [0.1, 0.15) is 21.7 Å². The Morgan fingerprint density at radius 2 is 1.84 bits per heavy atom. The van der Waals surface area contributed by atoms with Crippen molar-refractivity contribution in [3.63, 3.8) is 0 Å². The van der Waals surface area contributed by atoms with Crippen molar-refractivity contribution in [3.8, 4) is 17.2 Å². The van der Waals surface area contributed by atoms with E-state index in [1.54, 1.807) is 23.9 Å². The highest BCUT2D eigenvalue weighted by atomic mass is 79.9. The lowest BCUT2D eigenvalue weighted by Gasteiger charge is -2.12. The molecule has 0 fully saturated rings. The van der Waals surface area contributed by atoms with Gasteiger partial charge in [0, 0.05) is 12.6 Å². The molecular formula is C16H19BrN4O4. The molecule has 134 valence electrons. The van der Waals surface area contributed by atoms with Crippen LogP contribution in [0.3, 0.4) is 0 Å². The van der Waals surface area contributed by atoms with Crippen LogP contribution in [0.4, 0.5) is 0 Å². The molecule has 0 unspecified atom stereocenters. The second kappa shape index (κ2) is 8.02. The van der Waals surface area contributed by atoms with Crippen molar-refractivity contribution in [1.29, 1.82) is 0 Å². The van der Waals surface area contributed by atoms with E-state index in [0.29, 0.717) is 27.3 Å². The molecule has 9 heteroatoms. The molecule has 0 saturated carbocycles. The molecule has 1 N–H and O–H groups in total. The number of carbonyl (C=O) groups is 1. The topological polar surface area (TPSA) is 87.0 Å². The number of ether oxygens (including phenoxy) is 3. The third-order valence-electron chi connectivity index (χ3n) is 3.54. The summed E-state index contributed by atoms with van der Waals surface area (Å²) >= 11 is 3.35. The number of nitrogens with zero attached hydrogens (tertiary/aromatic N) is 3. The number of halogens is 1. The van der Waals surface area contributed by atoms with E-state index in [1.807, 2.05) is 6.92 Å². The Bertz CT molecular complexity index is 792. The molecule has 0 bridgehead atoms. The fourth-order valence-electron chi connectivity index (χ4n) is 2.12. The van der Waals surface area contributed by atoms with Crippen LogP contribution in [0.15, 0.2) is 21.7 Å². The quantitative estimate of drug-likeness (QED) is 0.582. The summed E-state index contributed by atoms with van der Waals surface area (Å²) in [5.41, 5.74) is 4.23. The molecule has 2 aromatic rings. The Labute approximate surface area is 153 Å². The van der Waals surface area contributed by atoms with E-state index in [-0.39, 0.29) is 5.69 Å². The number of hydrogen-bond acceptors (Lipinski definition) is 6. The minimum Gasteiger partial charge on any atom is -0.493 e. The van der Waals surface area contributed by atoms with E-state index >= 15 is 0 Å². The zero-order valence-corrected chi connectivity index (χ0v) is 16.2. The number of hydrazone groups is 1. The van der Waals surface area contributed by atoms with E-state index in [4.69, 9.17) is 14.2 Å². The molecule has 0 aliphatic carbocycles. The molecule has 0 atom stereocenters. The second-order valence-electron chi connectivity index (χ2n) is 5.03. The van der Waals surface area contributed by atoms with Crippen molar-refractivity contribution < 1.29 is 19.0 Å². The Morgan fingerprint density at radius 3 is 2.28 bits per heavy atom. The number of rotatable bonds is 6. The molecule has 1 aromatic carbocycles. The third kappa shape index (κ3) is 3.93. The first-order valence-corrected chi connectivity index (χ1v) is 8.04. The van der Waals surface area contributed by atoms with Gasteiger partial charge in [0.15, 0.2) is 17.2 Å². The summed E-state index contributed by atoms with van der Waals surface area (Å²) in [6.07, 6.45) is 1.48. The van der Waals surface area contributed by atoms with Gasteiger partial charge in [-0.2, -0.15) is 10.2 Å². The molecule has 0 spiro atoms. The zero-order chi connectivity index (χ0) is 18.6. The Hall–Kier alpha value is -2.55. The summed E-state index contributed by atoms with van der Waals surface area (Å²) in [6, 6.07) is 3.44. The smallest absolute Gasteiger partial charge is 0.293 e. The van der Waals surface area contributed by atoms with Crippen molar-refractivity contribution in [2.45, 2.75) is 6.92 Å². The fourth-order valence-corrected chi connectivity index (χ4v) is 2.64. The first kappa shape index (κ1) is 18.8. The molecule has 1 heterocycles. The predicted molar refractivity (Wildman–Crippen MR) is 96.8 cm³/mol. The van der Waals surface area contributed by atoms with Gasteiger partial charge in [-0.3, -0.25) is 9.48 Å². The second-order valence-corrected chi connectivity index (χ2v) is 5.82. The number of aryl methyl sites for hydroxylation is 1. The van der Waals surface area contributed by atoms with Gasteiger partial charge in [-0.15, -0.1) is 0 Å². The van der Waals surface area contributed by atoms with Crippen LogP contribution in [0.5, 0.6) is 17.2 Å². The molecule has 0 aliphatic rings. The maximum Gasteiger partial charge on any atom is 0.293 e. The van der Waals surface area contributed by atoms with Crippen molar-refractivity contribution in [2.24, 2.45) is 12.1 Å². The van der Waals surface area contributed by atoms with Gasteiger partial charge in [0.1, 0.15) is 0 Å². The molecule has 0 saturated heterocycles. The van der Waals surface area contributed by atoms with Gasteiger partial charge >= 0.3 is 0 Å². The molecule has 2 rings (SSSR count). The Balaban J connectivity index is 2.19. The maximum absolute atomic E-state index is 12.2. The van der Waals surface area contributed by atoms with Crippen LogP contribution >= 0.6 is 15.9 Å². The number of hydrogen-bond donors (Lipinski definition) is 1. The van der Waals surface area contributed by atoms with Gasteiger partial charge in [0.2, 0.25) is 5.75 Å². The summed E-state index contributed by atoms with van der Waals surface area (Å²) in [4.78, 5) is 12.2. The van der Waals surface area contributed by atoms with Gasteiger partial charge in [-0.1, -0.05) is 0 Å². The number of methoxy groups -OCH3 is 3. The highest BCUT2D eigenvalue weighted by Crippen LogP contribution is 2.37. The molecule has 1 amide bonds. The average molecular weight is 411 g/mol. The number of carbonyl (C=O) groups excluding carboxylic acids is 1. The van der Waals surface area contributed by atoms with Gasteiger partial charge in [-0.25, -0.2) is 5.43 Å². The SMILES string of the molecule is COc1cc(/C=N\NC(=O)c2nn(C)c(C)c2Br)cc(OC)c1OC. The van der Waals surface area contributed by atoms with Gasteiger partial charge in [-0.05, 0) is 35.0 Å². The third-order valence-corrected chi connectivity index (χ3v) is 4.49. The van der Waals surface area contributed by atoms with Crippen LogP contribution in [-0.4, -0.2) is 43.2 Å². The van der Waals surface area contributed by atoms with Crippen molar-refractivity contribution in [1.82, 2.24) is 15.2 Å². The fraction of sp³-hybridized carbons (Fsp3) is 0.312. The van der Waals surface area contributed by atoms with Crippen LogP contribution in [-0.2, 0) is 7.05 Å². The average Bonchev–Trinajstić information content (AvgIpc) is 2.88. The van der Waals surface area contributed by atoms with Crippen molar-refractivity contribution >= 4 is 28.1 Å². The molecule has 25 heavy (non-hydrogen) atoms. The first-order valence-electron chi connectivity index (χ1n) is 7.25. The van der Waals surface area contributed by atoms with E-state index in [2.05, 4.69) is 31.6 Å².